The number of guanidine groups is 1. The predicted octanol–water partition coefficient (Wildman–Crippen LogP) is 2.70. The molecule has 7 nitrogen and oxygen atoms in total. The number of nitrogens with zero attached hydrogens (tertiary/aromatic N) is 4. The first-order chi connectivity index (χ1) is 13.8. The molecule has 0 spiro atoms. The molecule has 2 aromatic rings. The molecule has 1 aliphatic heterocycles. The van der Waals surface area contributed by atoms with Gasteiger partial charge in [-0.25, -0.2) is 0 Å². The minimum Gasteiger partial charge on any atom is -0.494 e. The van der Waals surface area contributed by atoms with Crippen LogP contribution in [0.5, 0.6) is 5.75 Å². The van der Waals surface area contributed by atoms with Gasteiger partial charge < -0.3 is 19.9 Å². The standard InChI is InChI=1S/C21H32N6O/c1-3-28-18-11-7-6-10-17(18)16-24-21(22-2)23-14-9-13-20-26-25-19-12-5-4-8-15-27(19)20/h6-7,10-11H,3-5,8-9,12-16H2,1-2H3,(H2,22,23,24). The molecule has 0 radical (unpaired) electrons. The average molecular weight is 385 g/mol. The van der Waals surface area contributed by atoms with E-state index in [4.69, 9.17) is 4.74 Å². The zero-order valence-electron chi connectivity index (χ0n) is 17.1. The van der Waals surface area contributed by atoms with Crippen LogP contribution >= 0.6 is 0 Å². The Labute approximate surface area is 167 Å². The number of nitrogens with one attached hydrogen (secondary N) is 2. The van der Waals surface area contributed by atoms with Gasteiger partial charge in [-0.1, -0.05) is 24.6 Å². The molecule has 1 aromatic carbocycles. The van der Waals surface area contributed by atoms with Gasteiger partial charge in [-0.05, 0) is 32.3 Å². The van der Waals surface area contributed by atoms with Gasteiger partial charge in [0.05, 0.1) is 6.61 Å². The summed E-state index contributed by atoms with van der Waals surface area (Å²) in [7, 11) is 1.79. The number of hydrogen-bond donors (Lipinski definition) is 2. The van der Waals surface area contributed by atoms with Crippen molar-refractivity contribution in [1.82, 2.24) is 25.4 Å². The van der Waals surface area contributed by atoms with Gasteiger partial charge in [0.15, 0.2) is 5.96 Å². The molecule has 0 atom stereocenters. The maximum absolute atomic E-state index is 5.68. The van der Waals surface area contributed by atoms with Gasteiger partial charge in [-0.3, -0.25) is 4.99 Å². The summed E-state index contributed by atoms with van der Waals surface area (Å²) in [4.78, 5) is 4.32. The topological polar surface area (TPSA) is 76.4 Å². The molecule has 1 aliphatic rings. The summed E-state index contributed by atoms with van der Waals surface area (Å²) in [5, 5.41) is 15.5. The lowest BCUT2D eigenvalue weighted by molar-refractivity contribution is 0.336. The number of ether oxygens (including phenoxy) is 1. The van der Waals surface area contributed by atoms with Gasteiger partial charge in [-0.2, -0.15) is 0 Å². The van der Waals surface area contributed by atoms with E-state index in [-0.39, 0.29) is 0 Å². The first kappa shape index (κ1) is 20.2. The van der Waals surface area contributed by atoms with E-state index >= 15 is 0 Å². The highest BCUT2D eigenvalue weighted by Crippen LogP contribution is 2.17. The molecule has 28 heavy (non-hydrogen) atoms. The maximum atomic E-state index is 5.68. The smallest absolute Gasteiger partial charge is 0.191 e. The van der Waals surface area contributed by atoms with Gasteiger partial charge in [0.2, 0.25) is 0 Å². The molecule has 0 fully saturated rings. The Balaban J connectivity index is 1.43. The Morgan fingerprint density at radius 2 is 2.07 bits per heavy atom. The molecule has 0 unspecified atom stereocenters. The molecule has 3 rings (SSSR count). The number of aromatic nitrogens is 3. The van der Waals surface area contributed by atoms with Crippen molar-refractivity contribution in [3.63, 3.8) is 0 Å². The molecule has 1 aromatic heterocycles. The fraction of sp³-hybridized carbons (Fsp3) is 0.571. The molecular formula is C21H32N6O. The van der Waals surface area contributed by atoms with Crippen molar-refractivity contribution in [2.24, 2.45) is 4.99 Å². The van der Waals surface area contributed by atoms with E-state index in [1.54, 1.807) is 7.05 Å². The van der Waals surface area contributed by atoms with E-state index < -0.39 is 0 Å². The molecule has 2 heterocycles. The number of hydrogen-bond acceptors (Lipinski definition) is 4. The molecule has 0 saturated carbocycles. The summed E-state index contributed by atoms with van der Waals surface area (Å²) in [6, 6.07) is 8.09. The normalized spacial score (nSPS) is 14.3. The van der Waals surface area contributed by atoms with Gasteiger partial charge in [0, 0.05) is 45.1 Å². The van der Waals surface area contributed by atoms with Crippen LogP contribution in [-0.4, -0.2) is 40.9 Å². The van der Waals surface area contributed by atoms with Crippen molar-refractivity contribution in [3.8, 4) is 5.75 Å². The third-order valence-electron chi connectivity index (χ3n) is 5.00. The second-order valence-corrected chi connectivity index (χ2v) is 6.99. The van der Waals surface area contributed by atoms with E-state index in [0.717, 1.165) is 61.3 Å². The van der Waals surface area contributed by atoms with E-state index in [2.05, 4.69) is 36.5 Å². The third kappa shape index (κ3) is 5.47. The number of aliphatic imine (C=N–C) groups is 1. The van der Waals surface area contributed by atoms with E-state index in [9.17, 15) is 0 Å². The zero-order chi connectivity index (χ0) is 19.6. The number of rotatable bonds is 8. The molecular weight excluding hydrogens is 352 g/mol. The summed E-state index contributed by atoms with van der Waals surface area (Å²) in [5.74, 6) is 3.99. The molecule has 0 aliphatic carbocycles. The first-order valence-corrected chi connectivity index (χ1v) is 10.4. The highest BCUT2D eigenvalue weighted by Gasteiger charge is 2.14. The van der Waals surface area contributed by atoms with Gasteiger partial charge >= 0.3 is 0 Å². The van der Waals surface area contributed by atoms with Crippen LogP contribution < -0.4 is 15.4 Å². The van der Waals surface area contributed by atoms with Gasteiger partial charge in [-0.15, -0.1) is 10.2 Å². The number of aryl methyl sites for hydroxylation is 2. The quantitative estimate of drug-likeness (QED) is 0.416. The van der Waals surface area contributed by atoms with Crippen molar-refractivity contribution in [1.29, 1.82) is 0 Å². The SMILES string of the molecule is CCOc1ccccc1CNC(=NC)NCCCc1nnc2n1CCCCC2. The average Bonchev–Trinajstić information content (AvgIpc) is 2.94. The lowest BCUT2D eigenvalue weighted by Crippen LogP contribution is -2.37. The summed E-state index contributed by atoms with van der Waals surface area (Å²) < 4.78 is 8.01. The number of para-hydroxylation sites is 1. The molecule has 2 N–H and O–H groups in total. The molecule has 7 heteroatoms. The summed E-state index contributed by atoms with van der Waals surface area (Å²) >= 11 is 0. The Bertz CT molecular complexity index is 770. The fourth-order valence-electron chi connectivity index (χ4n) is 3.53. The highest BCUT2D eigenvalue weighted by atomic mass is 16.5. The van der Waals surface area contributed by atoms with Gasteiger partial charge in [0.25, 0.3) is 0 Å². The van der Waals surface area contributed by atoms with Crippen LogP contribution in [0.25, 0.3) is 0 Å². The summed E-state index contributed by atoms with van der Waals surface area (Å²) in [6.45, 7) is 5.24. The second kappa shape index (κ2) is 10.7. The van der Waals surface area contributed by atoms with Crippen LogP contribution in [-0.2, 0) is 25.9 Å². The van der Waals surface area contributed by atoms with E-state index in [0.29, 0.717) is 13.2 Å². The number of fused-ring (bicyclic) bond motifs is 1. The highest BCUT2D eigenvalue weighted by molar-refractivity contribution is 5.79. The van der Waals surface area contributed by atoms with Crippen LogP contribution in [0.1, 0.15) is 49.8 Å². The first-order valence-electron chi connectivity index (χ1n) is 10.4. The number of benzene rings is 1. The second-order valence-electron chi connectivity index (χ2n) is 6.99. The van der Waals surface area contributed by atoms with Crippen molar-refractivity contribution in [2.75, 3.05) is 20.2 Å². The molecule has 0 bridgehead atoms. The van der Waals surface area contributed by atoms with Crippen LogP contribution in [0.2, 0.25) is 0 Å². The van der Waals surface area contributed by atoms with Crippen molar-refractivity contribution in [3.05, 3.63) is 41.5 Å². The molecule has 0 saturated heterocycles. The van der Waals surface area contributed by atoms with Crippen LogP contribution in [0, 0.1) is 0 Å². The largest absolute Gasteiger partial charge is 0.494 e. The molecule has 0 amide bonds. The third-order valence-corrected chi connectivity index (χ3v) is 5.00. The van der Waals surface area contributed by atoms with Crippen LogP contribution in [0.4, 0.5) is 0 Å². The monoisotopic (exact) mass is 384 g/mol. The van der Waals surface area contributed by atoms with Crippen LogP contribution in [0.3, 0.4) is 0 Å². The Kier molecular flexibility index (Phi) is 7.70. The lowest BCUT2D eigenvalue weighted by atomic mass is 10.2. The Morgan fingerprint density at radius 3 is 2.93 bits per heavy atom. The Hall–Kier alpha value is -2.57. The maximum Gasteiger partial charge on any atom is 0.191 e. The Morgan fingerprint density at radius 1 is 1.18 bits per heavy atom. The lowest BCUT2D eigenvalue weighted by Gasteiger charge is -2.14. The van der Waals surface area contributed by atoms with Crippen molar-refractivity contribution in [2.45, 2.75) is 58.5 Å². The van der Waals surface area contributed by atoms with E-state index in [1.807, 2.05) is 25.1 Å². The fourth-order valence-corrected chi connectivity index (χ4v) is 3.53. The van der Waals surface area contributed by atoms with Crippen molar-refractivity contribution < 1.29 is 4.74 Å². The van der Waals surface area contributed by atoms with E-state index in [1.165, 1.54) is 19.3 Å². The minimum absolute atomic E-state index is 0.663. The summed E-state index contributed by atoms with van der Waals surface area (Å²) in [5.41, 5.74) is 1.12. The molecule has 152 valence electrons. The van der Waals surface area contributed by atoms with Gasteiger partial charge in [0.1, 0.15) is 17.4 Å². The summed E-state index contributed by atoms with van der Waals surface area (Å²) in [6.07, 6.45) is 6.74. The minimum atomic E-state index is 0.663. The predicted molar refractivity (Wildman–Crippen MR) is 112 cm³/mol. The van der Waals surface area contributed by atoms with Crippen molar-refractivity contribution >= 4 is 5.96 Å². The van der Waals surface area contributed by atoms with Crippen LogP contribution in [0.15, 0.2) is 29.3 Å². The zero-order valence-corrected chi connectivity index (χ0v) is 17.1.